The molecule has 1 aliphatic heterocycles. The Morgan fingerprint density at radius 2 is 1.80 bits per heavy atom. The summed E-state index contributed by atoms with van der Waals surface area (Å²) in [6.07, 6.45) is -2.44. The van der Waals surface area contributed by atoms with E-state index < -0.39 is 28.6 Å². The standard InChI is InChI=1S/C18H20O6S/c1-13-7-9-15(10-8-13)25(20,21)23-12-17-16(19)11-22-18(24-17)14-5-3-2-4-6-14/h2-10,16-19H,11-12H2,1H3. The van der Waals surface area contributed by atoms with Crippen molar-refractivity contribution in [3.05, 3.63) is 65.7 Å². The Morgan fingerprint density at radius 3 is 2.48 bits per heavy atom. The van der Waals surface area contributed by atoms with Gasteiger partial charge in [0.2, 0.25) is 0 Å². The Hall–Kier alpha value is -1.77. The molecule has 0 spiro atoms. The summed E-state index contributed by atoms with van der Waals surface area (Å²) in [6.45, 7) is 1.62. The normalized spacial score (nSPS) is 24.2. The van der Waals surface area contributed by atoms with Crippen molar-refractivity contribution in [2.75, 3.05) is 13.2 Å². The quantitative estimate of drug-likeness (QED) is 0.819. The fourth-order valence-corrected chi connectivity index (χ4v) is 3.37. The van der Waals surface area contributed by atoms with Crippen LogP contribution in [0.25, 0.3) is 0 Å². The smallest absolute Gasteiger partial charge is 0.297 e. The average Bonchev–Trinajstić information content (AvgIpc) is 2.62. The Morgan fingerprint density at radius 1 is 1.12 bits per heavy atom. The molecule has 1 aliphatic rings. The van der Waals surface area contributed by atoms with Gasteiger partial charge in [0.1, 0.15) is 12.2 Å². The number of ether oxygens (including phenoxy) is 2. The van der Waals surface area contributed by atoms with Gasteiger partial charge in [-0.15, -0.1) is 0 Å². The molecular weight excluding hydrogens is 344 g/mol. The summed E-state index contributed by atoms with van der Waals surface area (Å²) in [7, 11) is -3.91. The number of hydrogen-bond acceptors (Lipinski definition) is 6. The number of benzene rings is 2. The minimum absolute atomic E-state index is 0.0398. The first-order chi connectivity index (χ1) is 12.0. The van der Waals surface area contributed by atoms with Gasteiger partial charge in [-0.2, -0.15) is 8.42 Å². The van der Waals surface area contributed by atoms with Crippen molar-refractivity contribution >= 4 is 10.1 Å². The van der Waals surface area contributed by atoms with Crippen LogP contribution in [0.3, 0.4) is 0 Å². The molecule has 1 saturated heterocycles. The number of hydrogen-bond donors (Lipinski definition) is 1. The van der Waals surface area contributed by atoms with Gasteiger partial charge in [-0.05, 0) is 19.1 Å². The average molecular weight is 364 g/mol. The first kappa shape index (κ1) is 18.0. The minimum Gasteiger partial charge on any atom is -0.388 e. The monoisotopic (exact) mass is 364 g/mol. The van der Waals surface area contributed by atoms with Gasteiger partial charge in [-0.3, -0.25) is 4.18 Å². The van der Waals surface area contributed by atoms with Crippen LogP contribution in [0.1, 0.15) is 17.4 Å². The lowest BCUT2D eigenvalue weighted by Gasteiger charge is -2.33. The fraction of sp³-hybridized carbons (Fsp3) is 0.333. The largest absolute Gasteiger partial charge is 0.388 e. The van der Waals surface area contributed by atoms with E-state index in [0.717, 1.165) is 11.1 Å². The summed E-state index contributed by atoms with van der Waals surface area (Å²) in [5.41, 5.74) is 1.74. The van der Waals surface area contributed by atoms with E-state index in [1.165, 1.54) is 12.1 Å². The highest BCUT2D eigenvalue weighted by Crippen LogP contribution is 2.27. The van der Waals surface area contributed by atoms with Gasteiger partial charge in [0.05, 0.1) is 18.1 Å². The molecule has 0 aliphatic carbocycles. The van der Waals surface area contributed by atoms with Gasteiger partial charge in [-0.1, -0.05) is 48.0 Å². The highest BCUT2D eigenvalue weighted by molar-refractivity contribution is 7.86. The molecule has 6 nitrogen and oxygen atoms in total. The predicted octanol–water partition coefficient (Wildman–Crippen LogP) is 2.18. The molecule has 1 fully saturated rings. The third-order valence-corrected chi connectivity index (χ3v) is 5.21. The molecule has 7 heteroatoms. The summed E-state index contributed by atoms with van der Waals surface area (Å²) in [5, 5.41) is 10.0. The molecule has 134 valence electrons. The molecule has 0 amide bonds. The molecule has 1 N–H and O–H groups in total. The van der Waals surface area contributed by atoms with Crippen molar-refractivity contribution in [3.63, 3.8) is 0 Å². The lowest BCUT2D eigenvalue weighted by atomic mass is 10.1. The van der Waals surface area contributed by atoms with E-state index in [9.17, 15) is 13.5 Å². The van der Waals surface area contributed by atoms with Crippen molar-refractivity contribution in [1.29, 1.82) is 0 Å². The molecule has 0 radical (unpaired) electrons. The summed E-state index contributed by atoms with van der Waals surface area (Å²) < 4.78 is 40.7. The predicted molar refractivity (Wildman–Crippen MR) is 90.3 cm³/mol. The molecule has 1 heterocycles. The zero-order valence-electron chi connectivity index (χ0n) is 13.7. The summed E-state index contributed by atoms with van der Waals surface area (Å²) in [6, 6.07) is 15.6. The molecule has 3 rings (SSSR count). The number of aryl methyl sites for hydroxylation is 1. The van der Waals surface area contributed by atoms with Gasteiger partial charge in [-0.25, -0.2) is 0 Å². The second-order valence-corrected chi connectivity index (χ2v) is 7.48. The van der Waals surface area contributed by atoms with Crippen LogP contribution in [0.2, 0.25) is 0 Å². The Bertz CT molecular complexity index is 788. The van der Waals surface area contributed by atoms with Crippen molar-refractivity contribution in [1.82, 2.24) is 0 Å². The van der Waals surface area contributed by atoms with E-state index in [0.29, 0.717) is 0 Å². The summed E-state index contributed by atoms with van der Waals surface area (Å²) >= 11 is 0. The Balaban J connectivity index is 1.65. The van der Waals surface area contributed by atoms with Crippen LogP contribution in [0.5, 0.6) is 0 Å². The maximum absolute atomic E-state index is 12.3. The van der Waals surface area contributed by atoms with Gasteiger partial charge < -0.3 is 14.6 Å². The lowest BCUT2D eigenvalue weighted by Crippen LogP contribution is -2.43. The molecule has 0 aromatic heterocycles. The maximum Gasteiger partial charge on any atom is 0.297 e. The van der Waals surface area contributed by atoms with Crippen LogP contribution in [0.15, 0.2) is 59.5 Å². The van der Waals surface area contributed by atoms with E-state index in [1.807, 2.05) is 37.3 Å². The number of aliphatic hydroxyl groups is 1. The molecule has 2 aromatic rings. The zero-order chi connectivity index (χ0) is 17.9. The van der Waals surface area contributed by atoms with Crippen LogP contribution in [-0.2, 0) is 23.8 Å². The molecule has 0 bridgehead atoms. The lowest BCUT2D eigenvalue weighted by molar-refractivity contribution is -0.261. The van der Waals surface area contributed by atoms with Crippen LogP contribution in [0.4, 0.5) is 0 Å². The van der Waals surface area contributed by atoms with Crippen LogP contribution >= 0.6 is 0 Å². The highest BCUT2D eigenvalue weighted by atomic mass is 32.2. The Kier molecular flexibility index (Phi) is 5.51. The van der Waals surface area contributed by atoms with Gasteiger partial charge in [0, 0.05) is 5.56 Å². The molecular formula is C18H20O6S. The summed E-state index contributed by atoms with van der Waals surface area (Å²) in [5.74, 6) is 0. The SMILES string of the molecule is Cc1ccc(S(=O)(=O)OCC2OC(c3ccccc3)OCC2O)cc1. The van der Waals surface area contributed by atoms with E-state index in [4.69, 9.17) is 13.7 Å². The van der Waals surface area contributed by atoms with E-state index in [-0.39, 0.29) is 18.1 Å². The van der Waals surface area contributed by atoms with E-state index >= 15 is 0 Å². The maximum atomic E-state index is 12.3. The second-order valence-electron chi connectivity index (χ2n) is 5.87. The first-order valence-corrected chi connectivity index (χ1v) is 9.33. The first-order valence-electron chi connectivity index (χ1n) is 7.92. The molecule has 3 atom stereocenters. The third-order valence-electron chi connectivity index (χ3n) is 3.91. The van der Waals surface area contributed by atoms with E-state index in [1.54, 1.807) is 12.1 Å². The van der Waals surface area contributed by atoms with Crippen molar-refractivity contribution < 1.29 is 27.2 Å². The fourth-order valence-electron chi connectivity index (χ4n) is 2.45. The van der Waals surface area contributed by atoms with Crippen LogP contribution in [0, 0.1) is 6.92 Å². The highest BCUT2D eigenvalue weighted by Gasteiger charge is 2.33. The molecule has 0 saturated carbocycles. The molecule has 25 heavy (non-hydrogen) atoms. The summed E-state index contributed by atoms with van der Waals surface area (Å²) in [4.78, 5) is 0.0688. The van der Waals surface area contributed by atoms with Crippen molar-refractivity contribution in [2.45, 2.75) is 30.3 Å². The third kappa shape index (κ3) is 4.45. The van der Waals surface area contributed by atoms with E-state index in [2.05, 4.69) is 0 Å². The Labute approximate surface area is 147 Å². The van der Waals surface area contributed by atoms with Crippen molar-refractivity contribution in [2.24, 2.45) is 0 Å². The van der Waals surface area contributed by atoms with Crippen LogP contribution < -0.4 is 0 Å². The topological polar surface area (TPSA) is 82.1 Å². The zero-order valence-corrected chi connectivity index (χ0v) is 14.6. The van der Waals surface area contributed by atoms with Crippen molar-refractivity contribution in [3.8, 4) is 0 Å². The number of rotatable bonds is 5. The van der Waals surface area contributed by atoms with Gasteiger partial charge in [0.15, 0.2) is 6.29 Å². The van der Waals surface area contributed by atoms with Gasteiger partial charge in [0.25, 0.3) is 10.1 Å². The number of aliphatic hydroxyl groups excluding tert-OH is 1. The van der Waals surface area contributed by atoms with Gasteiger partial charge >= 0.3 is 0 Å². The second kappa shape index (κ2) is 7.63. The molecule has 2 aromatic carbocycles. The molecule has 3 unspecified atom stereocenters. The van der Waals surface area contributed by atoms with Crippen LogP contribution in [-0.4, -0.2) is 38.9 Å². The minimum atomic E-state index is -3.91.